The Morgan fingerprint density at radius 2 is 1.76 bits per heavy atom. The van der Waals surface area contributed by atoms with Crippen LogP contribution in [0.1, 0.15) is 21.5 Å². The first-order valence-electron chi connectivity index (χ1n) is 8.21. The molecule has 0 aliphatic heterocycles. The molecule has 5 nitrogen and oxygen atoms in total. The van der Waals surface area contributed by atoms with Gasteiger partial charge < -0.3 is 10.6 Å². The van der Waals surface area contributed by atoms with Crippen LogP contribution in [-0.2, 0) is 13.0 Å². The van der Waals surface area contributed by atoms with Crippen molar-refractivity contribution in [3.05, 3.63) is 90.0 Å². The molecule has 0 atom stereocenters. The fraction of sp³-hybridized carbons (Fsp3) is 0.150. The first kappa shape index (κ1) is 16.6. The SMILES string of the molecule is O=C(NCc1cccnc1)c1cncc(NCCc2ccccc2)c1. The summed E-state index contributed by atoms with van der Waals surface area (Å²) in [6.45, 7) is 1.23. The number of aromatic nitrogens is 2. The lowest BCUT2D eigenvalue weighted by Gasteiger charge is -2.09. The molecule has 3 aromatic rings. The van der Waals surface area contributed by atoms with Gasteiger partial charge in [-0.3, -0.25) is 14.8 Å². The number of nitrogens with zero attached hydrogens (tertiary/aromatic N) is 2. The maximum atomic E-state index is 12.3. The van der Waals surface area contributed by atoms with Crippen LogP contribution in [0.3, 0.4) is 0 Å². The lowest BCUT2D eigenvalue weighted by atomic mass is 10.1. The number of hydrogen-bond donors (Lipinski definition) is 2. The van der Waals surface area contributed by atoms with Crippen molar-refractivity contribution in [2.75, 3.05) is 11.9 Å². The molecule has 0 radical (unpaired) electrons. The van der Waals surface area contributed by atoms with Crippen molar-refractivity contribution >= 4 is 11.6 Å². The Morgan fingerprint density at radius 3 is 2.56 bits per heavy atom. The lowest BCUT2D eigenvalue weighted by Crippen LogP contribution is -2.23. The van der Waals surface area contributed by atoms with Crippen LogP contribution < -0.4 is 10.6 Å². The highest BCUT2D eigenvalue weighted by Crippen LogP contribution is 2.09. The summed E-state index contributed by atoms with van der Waals surface area (Å²) in [5, 5.41) is 6.19. The van der Waals surface area contributed by atoms with Gasteiger partial charge in [0.2, 0.25) is 0 Å². The fourth-order valence-electron chi connectivity index (χ4n) is 2.44. The van der Waals surface area contributed by atoms with Crippen LogP contribution >= 0.6 is 0 Å². The molecular formula is C20H20N4O. The van der Waals surface area contributed by atoms with Gasteiger partial charge in [0, 0.05) is 37.9 Å². The lowest BCUT2D eigenvalue weighted by molar-refractivity contribution is 0.0950. The van der Waals surface area contributed by atoms with Crippen molar-refractivity contribution < 1.29 is 4.79 Å². The predicted octanol–water partition coefficient (Wildman–Crippen LogP) is 3.06. The maximum Gasteiger partial charge on any atom is 0.253 e. The van der Waals surface area contributed by atoms with Gasteiger partial charge in [0.25, 0.3) is 5.91 Å². The summed E-state index contributed by atoms with van der Waals surface area (Å²) in [5.74, 6) is -0.150. The van der Waals surface area contributed by atoms with E-state index in [9.17, 15) is 4.79 Å². The Bertz CT molecular complexity index is 806. The standard InChI is InChI=1S/C20H20N4O/c25-20(24-13-17-7-4-9-21-12-17)18-11-19(15-22-14-18)23-10-8-16-5-2-1-3-6-16/h1-7,9,11-12,14-15,23H,8,10,13H2,(H,24,25). The second-order valence-corrected chi connectivity index (χ2v) is 5.67. The van der Waals surface area contributed by atoms with E-state index in [1.807, 2.05) is 36.4 Å². The summed E-state index contributed by atoms with van der Waals surface area (Å²) >= 11 is 0. The van der Waals surface area contributed by atoms with Gasteiger partial charge in [0.05, 0.1) is 11.3 Å². The van der Waals surface area contributed by atoms with Crippen LogP contribution in [-0.4, -0.2) is 22.4 Å². The third-order valence-corrected chi connectivity index (χ3v) is 3.76. The van der Waals surface area contributed by atoms with Crippen molar-refractivity contribution in [1.82, 2.24) is 15.3 Å². The molecule has 2 heterocycles. The van der Waals surface area contributed by atoms with E-state index in [0.717, 1.165) is 24.2 Å². The molecule has 0 fully saturated rings. The number of carbonyl (C=O) groups is 1. The molecule has 1 aromatic carbocycles. The van der Waals surface area contributed by atoms with E-state index in [4.69, 9.17) is 0 Å². The number of hydrogen-bond acceptors (Lipinski definition) is 4. The van der Waals surface area contributed by atoms with Gasteiger partial charge in [0.15, 0.2) is 0 Å². The Kier molecular flexibility index (Phi) is 5.72. The number of rotatable bonds is 7. The van der Waals surface area contributed by atoms with Crippen molar-refractivity contribution in [1.29, 1.82) is 0 Å². The quantitative estimate of drug-likeness (QED) is 0.698. The molecule has 0 spiro atoms. The number of amides is 1. The summed E-state index contributed by atoms with van der Waals surface area (Å²) in [6, 6.07) is 15.9. The molecule has 0 saturated heterocycles. The van der Waals surface area contributed by atoms with Gasteiger partial charge in [-0.05, 0) is 29.7 Å². The second-order valence-electron chi connectivity index (χ2n) is 5.67. The third kappa shape index (κ3) is 5.14. The minimum absolute atomic E-state index is 0.150. The van der Waals surface area contributed by atoms with E-state index in [1.54, 1.807) is 24.8 Å². The van der Waals surface area contributed by atoms with E-state index >= 15 is 0 Å². The van der Waals surface area contributed by atoms with Gasteiger partial charge in [0.1, 0.15) is 0 Å². The molecule has 0 aliphatic carbocycles. The first-order valence-corrected chi connectivity index (χ1v) is 8.21. The highest BCUT2D eigenvalue weighted by Gasteiger charge is 2.07. The second kappa shape index (κ2) is 8.59. The molecule has 1 amide bonds. The predicted molar refractivity (Wildman–Crippen MR) is 98.3 cm³/mol. The van der Waals surface area contributed by atoms with Gasteiger partial charge in [-0.25, -0.2) is 0 Å². The smallest absolute Gasteiger partial charge is 0.253 e. The summed E-state index contributed by atoms with van der Waals surface area (Å²) in [7, 11) is 0. The number of anilines is 1. The normalized spacial score (nSPS) is 10.2. The average molecular weight is 332 g/mol. The molecule has 3 rings (SSSR count). The van der Waals surface area contributed by atoms with Crippen LogP contribution in [0.4, 0.5) is 5.69 Å². The molecule has 0 bridgehead atoms. The van der Waals surface area contributed by atoms with Crippen LogP contribution in [0.5, 0.6) is 0 Å². The van der Waals surface area contributed by atoms with Gasteiger partial charge >= 0.3 is 0 Å². The first-order chi connectivity index (χ1) is 12.3. The number of benzene rings is 1. The minimum Gasteiger partial charge on any atom is -0.383 e. The van der Waals surface area contributed by atoms with E-state index < -0.39 is 0 Å². The van der Waals surface area contributed by atoms with Gasteiger partial charge in [-0.15, -0.1) is 0 Å². The molecule has 25 heavy (non-hydrogen) atoms. The van der Waals surface area contributed by atoms with Crippen molar-refractivity contribution in [2.45, 2.75) is 13.0 Å². The van der Waals surface area contributed by atoms with Gasteiger partial charge in [-0.1, -0.05) is 36.4 Å². The average Bonchev–Trinajstić information content (AvgIpc) is 2.68. The zero-order valence-corrected chi connectivity index (χ0v) is 13.9. The van der Waals surface area contributed by atoms with E-state index in [1.165, 1.54) is 5.56 Å². The summed E-state index contributed by atoms with van der Waals surface area (Å²) in [5.41, 5.74) is 3.60. The van der Waals surface area contributed by atoms with Crippen LogP contribution in [0, 0.1) is 0 Å². The van der Waals surface area contributed by atoms with E-state index in [0.29, 0.717) is 12.1 Å². The largest absolute Gasteiger partial charge is 0.383 e. The monoisotopic (exact) mass is 332 g/mol. The van der Waals surface area contributed by atoms with Gasteiger partial charge in [-0.2, -0.15) is 0 Å². The number of pyridine rings is 2. The Hall–Kier alpha value is -3.21. The molecule has 2 N–H and O–H groups in total. The number of nitrogens with one attached hydrogen (secondary N) is 2. The highest BCUT2D eigenvalue weighted by molar-refractivity contribution is 5.94. The van der Waals surface area contributed by atoms with Crippen LogP contribution in [0.15, 0.2) is 73.3 Å². The number of carbonyl (C=O) groups excluding carboxylic acids is 1. The molecule has 5 heteroatoms. The molecule has 2 aromatic heterocycles. The summed E-state index contributed by atoms with van der Waals surface area (Å²) < 4.78 is 0. The highest BCUT2D eigenvalue weighted by atomic mass is 16.1. The zero-order valence-electron chi connectivity index (χ0n) is 13.9. The Labute approximate surface area is 147 Å². The fourth-order valence-corrected chi connectivity index (χ4v) is 2.44. The summed E-state index contributed by atoms with van der Waals surface area (Å²) in [4.78, 5) is 20.5. The minimum atomic E-state index is -0.150. The van der Waals surface area contributed by atoms with Crippen molar-refractivity contribution in [3.8, 4) is 0 Å². The Morgan fingerprint density at radius 1 is 0.920 bits per heavy atom. The van der Waals surface area contributed by atoms with E-state index in [2.05, 4.69) is 32.7 Å². The van der Waals surface area contributed by atoms with Crippen molar-refractivity contribution in [3.63, 3.8) is 0 Å². The van der Waals surface area contributed by atoms with Crippen LogP contribution in [0.25, 0.3) is 0 Å². The molecule has 126 valence electrons. The van der Waals surface area contributed by atoms with E-state index in [-0.39, 0.29) is 5.91 Å². The summed E-state index contributed by atoms with van der Waals surface area (Å²) in [6.07, 6.45) is 7.65. The third-order valence-electron chi connectivity index (χ3n) is 3.76. The molecule has 0 unspecified atom stereocenters. The van der Waals surface area contributed by atoms with Crippen molar-refractivity contribution in [2.24, 2.45) is 0 Å². The maximum absolute atomic E-state index is 12.3. The topological polar surface area (TPSA) is 66.9 Å². The molecule has 0 aliphatic rings. The molecule has 0 saturated carbocycles. The Balaban J connectivity index is 1.52. The molecular weight excluding hydrogens is 312 g/mol. The zero-order chi connectivity index (χ0) is 17.3. The van der Waals surface area contributed by atoms with Crippen LogP contribution in [0.2, 0.25) is 0 Å².